The molecule has 0 saturated heterocycles. The van der Waals surface area contributed by atoms with Crippen LogP contribution in [0.5, 0.6) is 0 Å². The number of rotatable bonds is 8. The Balaban J connectivity index is 1.30. The molecule has 0 unspecified atom stereocenters. The monoisotopic (exact) mass is 481 g/mol. The van der Waals surface area contributed by atoms with Gasteiger partial charge in [-0.2, -0.15) is 23.3 Å². The number of aromatic nitrogens is 6. The highest BCUT2D eigenvalue weighted by Gasteiger charge is 2.64. The number of anilines is 3. The number of halogens is 3. The molecule has 0 spiro atoms. The van der Waals surface area contributed by atoms with Crippen LogP contribution in [-0.2, 0) is 6.54 Å². The molecule has 1 aromatic carbocycles. The van der Waals surface area contributed by atoms with Crippen molar-refractivity contribution in [1.29, 1.82) is 0 Å². The van der Waals surface area contributed by atoms with E-state index < -0.39 is 11.7 Å². The first-order valence-corrected chi connectivity index (χ1v) is 11.4. The van der Waals surface area contributed by atoms with Crippen molar-refractivity contribution in [3.8, 4) is 5.69 Å². The standard InChI is InChI=1S/C23H22F3N9/c24-23(25,26)22(8-9-22)34-20-19-17(6-7-18(32-19)30-15-4-5-15)31-21(33-20)28-11-14-2-1-3-16(10-14)35-13-27-12-29-35/h1-3,6-7,10,12-13,15H,4-5,8-9,11H2,(H,30,32)(H2,28,31,33,34). The summed E-state index contributed by atoms with van der Waals surface area (Å²) in [7, 11) is 0. The molecule has 3 heterocycles. The Kier molecular flexibility index (Phi) is 4.97. The van der Waals surface area contributed by atoms with Gasteiger partial charge in [0.2, 0.25) is 5.95 Å². The molecule has 12 heteroatoms. The van der Waals surface area contributed by atoms with Crippen LogP contribution in [0.3, 0.4) is 0 Å². The Morgan fingerprint density at radius 2 is 1.91 bits per heavy atom. The molecule has 0 bridgehead atoms. The van der Waals surface area contributed by atoms with Crippen LogP contribution < -0.4 is 16.0 Å². The molecule has 2 aliphatic rings. The van der Waals surface area contributed by atoms with E-state index >= 15 is 0 Å². The predicted octanol–water partition coefficient (Wildman–Crippen LogP) is 4.30. The van der Waals surface area contributed by atoms with Gasteiger partial charge in [0.05, 0.1) is 11.2 Å². The summed E-state index contributed by atoms with van der Waals surface area (Å²) in [6, 6.07) is 11.5. The van der Waals surface area contributed by atoms with Crippen LogP contribution in [0, 0.1) is 0 Å². The van der Waals surface area contributed by atoms with Crippen LogP contribution in [-0.4, -0.2) is 47.5 Å². The van der Waals surface area contributed by atoms with Gasteiger partial charge in [-0.05, 0) is 55.5 Å². The maximum absolute atomic E-state index is 13.7. The molecule has 3 N–H and O–H groups in total. The van der Waals surface area contributed by atoms with Gasteiger partial charge in [0.25, 0.3) is 0 Å². The second kappa shape index (κ2) is 8.07. The SMILES string of the molecule is FC(F)(F)C1(Nc2nc(NCc3cccc(-n4cncn4)c3)nc3ccc(NC4CC4)nc23)CC1. The predicted molar refractivity (Wildman–Crippen MR) is 124 cm³/mol. The highest BCUT2D eigenvalue weighted by atomic mass is 19.4. The summed E-state index contributed by atoms with van der Waals surface area (Å²) >= 11 is 0. The number of hydrogen-bond acceptors (Lipinski definition) is 8. The van der Waals surface area contributed by atoms with Crippen molar-refractivity contribution >= 4 is 28.6 Å². The number of alkyl halides is 3. The second-order valence-corrected chi connectivity index (χ2v) is 8.95. The molecular weight excluding hydrogens is 459 g/mol. The number of nitrogens with zero attached hydrogens (tertiary/aromatic N) is 6. The van der Waals surface area contributed by atoms with Crippen molar-refractivity contribution in [1.82, 2.24) is 29.7 Å². The smallest absolute Gasteiger partial charge is 0.367 e. The number of fused-ring (bicyclic) bond motifs is 1. The molecule has 2 fully saturated rings. The highest BCUT2D eigenvalue weighted by molar-refractivity contribution is 5.88. The summed E-state index contributed by atoms with van der Waals surface area (Å²) in [4.78, 5) is 17.4. The third kappa shape index (κ3) is 4.43. The molecular formula is C23H22F3N9. The lowest BCUT2D eigenvalue weighted by Crippen LogP contribution is -2.39. The summed E-state index contributed by atoms with van der Waals surface area (Å²) < 4.78 is 42.7. The third-order valence-electron chi connectivity index (χ3n) is 6.17. The maximum Gasteiger partial charge on any atom is 0.411 e. The van der Waals surface area contributed by atoms with Crippen LogP contribution >= 0.6 is 0 Å². The Hall–Kier alpha value is -3.96. The minimum atomic E-state index is -4.39. The van der Waals surface area contributed by atoms with Crippen molar-refractivity contribution in [3.05, 3.63) is 54.6 Å². The van der Waals surface area contributed by atoms with Gasteiger partial charge in [0.1, 0.15) is 29.5 Å². The molecule has 2 aliphatic carbocycles. The van der Waals surface area contributed by atoms with Crippen molar-refractivity contribution in [2.45, 2.75) is 50.0 Å². The van der Waals surface area contributed by atoms with Crippen molar-refractivity contribution in [3.63, 3.8) is 0 Å². The van der Waals surface area contributed by atoms with Gasteiger partial charge in [-0.15, -0.1) is 0 Å². The molecule has 0 aliphatic heterocycles. The average molecular weight is 481 g/mol. The molecule has 4 aromatic rings. The first-order valence-electron chi connectivity index (χ1n) is 11.4. The van der Waals surface area contributed by atoms with Crippen molar-refractivity contribution in [2.24, 2.45) is 0 Å². The van der Waals surface area contributed by atoms with E-state index in [1.165, 1.54) is 6.33 Å². The Bertz CT molecular complexity index is 1360. The van der Waals surface area contributed by atoms with E-state index in [2.05, 4.69) is 41.0 Å². The summed E-state index contributed by atoms with van der Waals surface area (Å²) in [5.74, 6) is 0.895. The van der Waals surface area contributed by atoms with Gasteiger partial charge in [-0.25, -0.2) is 19.6 Å². The number of hydrogen-bond donors (Lipinski definition) is 3. The van der Waals surface area contributed by atoms with E-state index in [0.29, 0.717) is 29.4 Å². The minimum absolute atomic E-state index is 0.000148. The Morgan fingerprint density at radius 3 is 2.63 bits per heavy atom. The molecule has 2 saturated carbocycles. The van der Waals surface area contributed by atoms with Gasteiger partial charge in [0.15, 0.2) is 5.82 Å². The molecule has 180 valence electrons. The first-order chi connectivity index (χ1) is 16.9. The van der Waals surface area contributed by atoms with Crippen LogP contribution in [0.2, 0.25) is 0 Å². The van der Waals surface area contributed by atoms with Gasteiger partial charge >= 0.3 is 6.18 Å². The topological polar surface area (TPSA) is 105 Å². The zero-order valence-electron chi connectivity index (χ0n) is 18.5. The highest BCUT2D eigenvalue weighted by Crippen LogP contribution is 2.51. The summed E-state index contributed by atoms with van der Waals surface area (Å²) in [5.41, 5.74) is 0.557. The van der Waals surface area contributed by atoms with Gasteiger partial charge in [0, 0.05) is 12.6 Å². The lowest BCUT2D eigenvalue weighted by atomic mass is 10.2. The lowest BCUT2D eigenvalue weighted by molar-refractivity contribution is -0.151. The maximum atomic E-state index is 13.7. The lowest BCUT2D eigenvalue weighted by Gasteiger charge is -2.22. The number of nitrogens with one attached hydrogen (secondary N) is 3. The van der Waals surface area contributed by atoms with Crippen LogP contribution in [0.25, 0.3) is 16.7 Å². The molecule has 6 rings (SSSR count). The van der Waals surface area contributed by atoms with Crippen molar-refractivity contribution < 1.29 is 13.2 Å². The first kappa shape index (κ1) is 21.6. The molecule has 0 radical (unpaired) electrons. The fraction of sp³-hybridized carbons (Fsp3) is 0.348. The minimum Gasteiger partial charge on any atom is -0.367 e. The van der Waals surface area contributed by atoms with E-state index in [0.717, 1.165) is 24.1 Å². The zero-order chi connectivity index (χ0) is 24.0. The molecule has 0 amide bonds. The second-order valence-electron chi connectivity index (χ2n) is 8.95. The summed E-state index contributed by atoms with van der Waals surface area (Å²) in [6.45, 7) is 0.368. The zero-order valence-corrected chi connectivity index (χ0v) is 18.5. The van der Waals surface area contributed by atoms with Gasteiger partial charge in [-0.3, -0.25) is 0 Å². The van der Waals surface area contributed by atoms with Crippen LogP contribution in [0.15, 0.2) is 49.1 Å². The quantitative estimate of drug-likeness (QED) is 0.342. The Morgan fingerprint density at radius 1 is 1.06 bits per heavy atom. The average Bonchev–Trinajstić information content (AvgIpc) is 3.76. The van der Waals surface area contributed by atoms with Crippen LogP contribution in [0.1, 0.15) is 31.2 Å². The normalized spacial score (nSPS) is 16.8. The van der Waals surface area contributed by atoms with E-state index in [1.54, 1.807) is 23.1 Å². The number of pyridine rings is 1. The van der Waals surface area contributed by atoms with E-state index in [-0.39, 0.29) is 24.6 Å². The molecule has 35 heavy (non-hydrogen) atoms. The largest absolute Gasteiger partial charge is 0.411 e. The van der Waals surface area contributed by atoms with Crippen molar-refractivity contribution in [2.75, 3.05) is 16.0 Å². The fourth-order valence-electron chi connectivity index (χ4n) is 3.86. The fourth-order valence-corrected chi connectivity index (χ4v) is 3.86. The third-order valence-corrected chi connectivity index (χ3v) is 6.17. The van der Waals surface area contributed by atoms with Gasteiger partial charge < -0.3 is 16.0 Å². The van der Waals surface area contributed by atoms with E-state index in [9.17, 15) is 13.2 Å². The summed E-state index contributed by atoms with van der Waals surface area (Å²) in [6.07, 6.45) is 0.780. The molecule has 3 aromatic heterocycles. The Labute approximate surface area is 198 Å². The van der Waals surface area contributed by atoms with E-state index in [1.807, 2.05) is 24.3 Å². The number of benzene rings is 1. The summed E-state index contributed by atoms with van der Waals surface area (Å²) in [5, 5.41) is 13.2. The van der Waals surface area contributed by atoms with Gasteiger partial charge in [-0.1, -0.05) is 12.1 Å². The van der Waals surface area contributed by atoms with Crippen LogP contribution in [0.4, 0.5) is 30.8 Å². The van der Waals surface area contributed by atoms with E-state index in [4.69, 9.17) is 0 Å². The molecule has 9 nitrogen and oxygen atoms in total. The molecule has 0 atom stereocenters.